The minimum absolute atomic E-state index is 0.00842. The van der Waals surface area contributed by atoms with Crippen molar-refractivity contribution in [1.29, 1.82) is 0 Å². The van der Waals surface area contributed by atoms with Crippen molar-refractivity contribution >= 4 is 44.5 Å². The van der Waals surface area contributed by atoms with Gasteiger partial charge in [-0.15, -0.1) is 11.6 Å². The van der Waals surface area contributed by atoms with Crippen LogP contribution >= 0.6 is 27.5 Å². The van der Waals surface area contributed by atoms with Crippen LogP contribution in [0, 0.1) is 6.92 Å². The number of aromatic nitrogens is 2. The molecule has 0 aromatic carbocycles. The fourth-order valence-electron chi connectivity index (χ4n) is 3.18. The van der Waals surface area contributed by atoms with Crippen LogP contribution in [0.3, 0.4) is 0 Å². The van der Waals surface area contributed by atoms with Crippen molar-refractivity contribution in [3.05, 3.63) is 38.2 Å². The number of fused-ring (bicyclic) bond motifs is 1. The molecule has 0 amide bonds. The van der Waals surface area contributed by atoms with Gasteiger partial charge in [0, 0.05) is 48.0 Å². The maximum atomic E-state index is 12.5. The molecule has 0 radical (unpaired) electrons. The van der Waals surface area contributed by atoms with Crippen LogP contribution < -0.4 is 5.56 Å². The van der Waals surface area contributed by atoms with Crippen molar-refractivity contribution in [2.75, 3.05) is 38.7 Å². The van der Waals surface area contributed by atoms with Gasteiger partial charge in [-0.25, -0.2) is 9.78 Å². The number of aromatic amines is 1. The highest BCUT2D eigenvalue weighted by Gasteiger charge is 2.22. The largest absolute Gasteiger partial charge is 0.462 e. The highest BCUT2D eigenvalue weighted by molar-refractivity contribution is 9.10. The van der Waals surface area contributed by atoms with E-state index in [4.69, 9.17) is 21.1 Å². The molecule has 1 fully saturated rings. The molecule has 1 aliphatic rings. The molecule has 146 valence electrons. The van der Waals surface area contributed by atoms with Crippen LogP contribution in [0.2, 0.25) is 0 Å². The third-order valence-corrected chi connectivity index (χ3v) is 5.20. The number of ether oxygens (including phenoxy) is 2. The number of alkyl halides is 1. The van der Waals surface area contributed by atoms with Gasteiger partial charge in [-0.3, -0.25) is 9.69 Å². The zero-order chi connectivity index (χ0) is 19.4. The molecule has 2 aromatic heterocycles. The Kier molecular flexibility index (Phi) is 6.86. The van der Waals surface area contributed by atoms with Gasteiger partial charge in [0.15, 0.2) is 0 Å². The molecule has 1 unspecified atom stereocenters. The van der Waals surface area contributed by atoms with E-state index in [1.54, 1.807) is 13.1 Å². The van der Waals surface area contributed by atoms with Crippen LogP contribution in [0.4, 0.5) is 0 Å². The van der Waals surface area contributed by atoms with E-state index in [0.717, 1.165) is 24.1 Å². The highest BCUT2D eigenvalue weighted by atomic mass is 79.9. The number of nitrogens with one attached hydrogen (secondary N) is 1. The Bertz CT molecular complexity index is 887. The van der Waals surface area contributed by atoms with Gasteiger partial charge in [-0.05, 0) is 34.5 Å². The SMILES string of the molecule is Cc1c(C(=O)OCCC2CN(CCCl)CCO2)c(=O)[nH]c2ncc(Br)cc12. The standard InChI is InChI=1S/C18H21BrClN3O4/c1-11-14-8-12(19)9-21-16(14)22-17(24)15(11)18(25)27-6-2-13-10-23(4-3-20)5-7-26-13/h8-9,13H,2-7,10H2,1H3,(H,21,22,24). The van der Waals surface area contributed by atoms with E-state index in [2.05, 4.69) is 30.8 Å². The van der Waals surface area contributed by atoms with Crippen LogP contribution in [0.25, 0.3) is 11.0 Å². The number of H-pyrrole nitrogens is 1. The number of rotatable bonds is 6. The normalized spacial score (nSPS) is 18.0. The molecule has 1 saturated heterocycles. The van der Waals surface area contributed by atoms with Gasteiger partial charge in [0.2, 0.25) is 0 Å². The molecule has 2 aromatic rings. The van der Waals surface area contributed by atoms with E-state index in [0.29, 0.717) is 35.5 Å². The number of carbonyl (C=O) groups excluding carboxylic acids is 1. The quantitative estimate of drug-likeness (QED) is 0.529. The number of hydrogen-bond acceptors (Lipinski definition) is 6. The second-order valence-electron chi connectivity index (χ2n) is 6.41. The van der Waals surface area contributed by atoms with Gasteiger partial charge in [0.05, 0.1) is 19.3 Å². The fraction of sp³-hybridized carbons (Fsp3) is 0.500. The average Bonchev–Trinajstić information content (AvgIpc) is 2.63. The molecule has 0 aliphatic carbocycles. The molecule has 0 bridgehead atoms. The minimum Gasteiger partial charge on any atom is -0.462 e. The second kappa shape index (κ2) is 9.14. The number of morpholine rings is 1. The molecule has 9 heteroatoms. The summed E-state index contributed by atoms with van der Waals surface area (Å²) in [6.07, 6.45) is 2.15. The first-order valence-electron chi connectivity index (χ1n) is 8.74. The molecule has 3 heterocycles. The van der Waals surface area contributed by atoms with Crippen molar-refractivity contribution in [2.24, 2.45) is 0 Å². The van der Waals surface area contributed by atoms with Crippen LogP contribution in [0.1, 0.15) is 22.3 Å². The Balaban J connectivity index is 1.65. The maximum absolute atomic E-state index is 12.5. The number of carbonyl (C=O) groups is 1. The van der Waals surface area contributed by atoms with Gasteiger partial charge in [-0.1, -0.05) is 0 Å². The Morgan fingerprint density at radius 2 is 2.37 bits per heavy atom. The zero-order valence-electron chi connectivity index (χ0n) is 15.0. The molecule has 1 atom stereocenters. The van der Waals surface area contributed by atoms with E-state index >= 15 is 0 Å². The number of pyridine rings is 2. The monoisotopic (exact) mass is 457 g/mol. The van der Waals surface area contributed by atoms with Gasteiger partial charge in [-0.2, -0.15) is 0 Å². The summed E-state index contributed by atoms with van der Waals surface area (Å²) in [5.41, 5.74) is 0.500. The van der Waals surface area contributed by atoms with Crippen molar-refractivity contribution in [1.82, 2.24) is 14.9 Å². The summed E-state index contributed by atoms with van der Waals surface area (Å²) in [6, 6.07) is 1.81. The van der Waals surface area contributed by atoms with Crippen molar-refractivity contribution < 1.29 is 14.3 Å². The molecule has 27 heavy (non-hydrogen) atoms. The Labute approximate surface area is 170 Å². The van der Waals surface area contributed by atoms with E-state index < -0.39 is 11.5 Å². The topological polar surface area (TPSA) is 84.5 Å². The van der Waals surface area contributed by atoms with E-state index in [1.165, 1.54) is 0 Å². The lowest BCUT2D eigenvalue weighted by Gasteiger charge is -2.32. The summed E-state index contributed by atoms with van der Waals surface area (Å²) in [5, 5.41) is 0.697. The summed E-state index contributed by atoms with van der Waals surface area (Å²) >= 11 is 9.14. The van der Waals surface area contributed by atoms with Crippen LogP contribution in [0.15, 0.2) is 21.5 Å². The highest BCUT2D eigenvalue weighted by Crippen LogP contribution is 2.20. The molecular formula is C18H21BrClN3O4. The third-order valence-electron chi connectivity index (χ3n) is 4.59. The molecular weight excluding hydrogens is 438 g/mol. The summed E-state index contributed by atoms with van der Waals surface area (Å²) in [7, 11) is 0. The zero-order valence-corrected chi connectivity index (χ0v) is 17.3. The van der Waals surface area contributed by atoms with Gasteiger partial charge < -0.3 is 14.5 Å². The number of hydrogen-bond donors (Lipinski definition) is 1. The first-order valence-corrected chi connectivity index (χ1v) is 10.1. The molecule has 3 rings (SSSR count). The molecule has 0 spiro atoms. The van der Waals surface area contributed by atoms with Gasteiger partial charge >= 0.3 is 5.97 Å². The molecule has 1 aliphatic heterocycles. The molecule has 7 nitrogen and oxygen atoms in total. The second-order valence-corrected chi connectivity index (χ2v) is 7.70. The first kappa shape index (κ1) is 20.3. The number of aryl methyl sites for hydroxylation is 1. The van der Waals surface area contributed by atoms with Gasteiger partial charge in [0.1, 0.15) is 11.2 Å². The Hall–Kier alpha value is -1.48. The summed E-state index contributed by atoms with van der Waals surface area (Å²) in [5.74, 6) is -0.0551. The fourth-order valence-corrected chi connectivity index (χ4v) is 3.75. The summed E-state index contributed by atoms with van der Waals surface area (Å²) < 4.78 is 11.8. The van der Waals surface area contributed by atoms with Crippen LogP contribution in [-0.4, -0.2) is 65.7 Å². The predicted molar refractivity (Wildman–Crippen MR) is 107 cm³/mol. The summed E-state index contributed by atoms with van der Waals surface area (Å²) in [4.78, 5) is 33.8. The first-order chi connectivity index (χ1) is 13.0. The third kappa shape index (κ3) is 4.87. The number of esters is 1. The number of halogens is 2. The van der Waals surface area contributed by atoms with Crippen molar-refractivity contribution in [3.63, 3.8) is 0 Å². The Morgan fingerprint density at radius 3 is 3.15 bits per heavy atom. The van der Waals surface area contributed by atoms with Crippen molar-refractivity contribution in [3.8, 4) is 0 Å². The lowest BCUT2D eigenvalue weighted by Crippen LogP contribution is -2.43. The maximum Gasteiger partial charge on any atom is 0.344 e. The lowest BCUT2D eigenvalue weighted by atomic mass is 10.1. The average molecular weight is 459 g/mol. The smallest absolute Gasteiger partial charge is 0.344 e. The molecule has 0 saturated carbocycles. The van der Waals surface area contributed by atoms with E-state index in [1.807, 2.05) is 6.07 Å². The number of nitrogens with zero attached hydrogens (tertiary/aromatic N) is 2. The van der Waals surface area contributed by atoms with Crippen LogP contribution in [-0.2, 0) is 9.47 Å². The Morgan fingerprint density at radius 1 is 1.56 bits per heavy atom. The minimum atomic E-state index is -0.635. The van der Waals surface area contributed by atoms with E-state index in [9.17, 15) is 9.59 Å². The molecule has 1 N–H and O–H groups in total. The van der Waals surface area contributed by atoms with E-state index in [-0.39, 0.29) is 18.3 Å². The van der Waals surface area contributed by atoms with Crippen LogP contribution in [0.5, 0.6) is 0 Å². The summed E-state index contributed by atoms with van der Waals surface area (Å²) in [6.45, 7) is 4.98. The lowest BCUT2D eigenvalue weighted by molar-refractivity contribution is -0.0386. The van der Waals surface area contributed by atoms with Crippen molar-refractivity contribution in [2.45, 2.75) is 19.4 Å². The predicted octanol–water partition coefficient (Wildman–Crippen LogP) is 2.48. The van der Waals surface area contributed by atoms with Gasteiger partial charge in [0.25, 0.3) is 5.56 Å².